The van der Waals surface area contributed by atoms with E-state index in [2.05, 4.69) is 15.9 Å². The average molecular weight is 270 g/mol. The summed E-state index contributed by atoms with van der Waals surface area (Å²) in [4.78, 5) is 0. The summed E-state index contributed by atoms with van der Waals surface area (Å²) in [6, 6.07) is 3.55. The molecular formula is C8H7BrCl2O. The van der Waals surface area contributed by atoms with Gasteiger partial charge in [0, 0.05) is 16.6 Å². The quantitative estimate of drug-likeness (QED) is 0.740. The van der Waals surface area contributed by atoms with Crippen LogP contribution >= 0.6 is 39.1 Å². The van der Waals surface area contributed by atoms with E-state index in [9.17, 15) is 0 Å². The van der Waals surface area contributed by atoms with Gasteiger partial charge in [-0.15, -0.1) is 0 Å². The molecule has 4 heteroatoms. The van der Waals surface area contributed by atoms with Crippen LogP contribution in [0.1, 0.15) is 5.56 Å². The number of methoxy groups -OCH3 is 1. The van der Waals surface area contributed by atoms with E-state index in [4.69, 9.17) is 27.9 Å². The second kappa shape index (κ2) is 4.47. The van der Waals surface area contributed by atoms with Crippen LogP contribution in [0.25, 0.3) is 0 Å². The predicted molar refractivity (Wildman–Crippen MR) is 54.9 cm³/mol. The third-order valence-corrected chi connectivity index (χ3v) is 2.94. The first-order chi connectivity index (χ1) is 5.65. The summed E-state index contributed by atoms with van der Waals surface area (Å²) in [5.41, 5.74) is 0.926. The summed E-state index contributed by atoms with van der Waals surface area (Å²) in [5.74, 6) is 0. The van der Waals surface area contributed by atoms with Crippen molar-refractivity contribution in [3.05, 3.63) is 32.2 Å². The van der Waals surface area contributed by atoms with Gasteiger partial charge in [-0.1, -0.05) is 23.2 Å². The Morgan fingerprint density at radius 1 is 1.33 bits per heavy atom. The van der Waals surface area contributed by atoms with E-state index in [0.717, 1.165) is 10.0 Å². The Labute approximate surface area is 89.7 Å². The van der Waals surface area contributed by atoms with Gasteiger partial charge in [-0.2, -0.15) is 0 Å². The van der Waals surface area contributed by atoms with Crippen LogP contribution in [0.2, 0.25) is 10.0 Å². The fraction of sp³-hybridized carbons (Fsp3) is 0.250. The Bertz CT molecular complexity index is 289. The van der Waals surface area contributed by atoms with Crippen LogP contribution in [-0.2, 0) is 11.3 Å². The summed E-state index contributed by atoms with van der Waals surface area (Å²) >= 11 is 15.0. The molecule has 0 radical (unpaired) electrons. The largest absolute Gasteiger partial charge is 0.380 e. The summed E-state index contributed by atoms with van der Waals surface area (Å²) in [6.07, 6.45) is 0. The van der Waals surface area contributed by atoms with Gasteiger partial charge in [0.05, 0.1) is 11.6 Å². The lowest BCUT2D eigenvalue weighted by atomic mass is 10.2. The Hall–Kier alpha value is 0.240. The molecule has 0 amide bonds. The highest BCUT2D eigenvalue weighted by Gasteiger charge is 2.04. The van der Waals surface area contributed by atoms with Gasteiger partial charge in [0.15, 0.2) is 0 Å². The van der Waals surface area contributed by atoms with Crippen molar-refractivity contribution in [1.82, 2.24) is 0 Å². The van der Waals surface area contributed by atoms with Gasteiger partial charge in [-0.05, 0) is 33.6 Å². The highest BCUT2D eigenvalue weighted by molar-refractivity contribution is 9.10. The fourth-order valence-electron chi connectivity index (χ4n) is 0.830. The molecule has 12 heavy (non-hydrogen) atoms. The topological polar surface area (TPSA) is 9.23 Å². The zero-order valence-electron chi connectivity index (χ0n) is 6.40. The van der Waals surface area contributed by atoms with Gasteiger partial charge in [-0.3, -0.25) is 0 Å². The normalized spacial score (nSPS) is 10.3. The van der Waals surface area contributed by atoms with E-state index in [1.54, 1.807) is 13.2 Å². The molecular weight excluding hydrogens is 263 g/mol. The van der Waals surface area contributed by atoms with Crippen molar-refractivity contribution < 1.29 is 4.74 Å². The molecule has 0 atom stereocenters. The minimum Gasteiger partial charge on any atom is -0.380 e. The van der Waals surface area contributed by atoms with Crippen molar-refractivity contribution in [3.63, 3.8) is 0 Å². The van der Waals surface area contributed by atoms with Gasteiger partial charge >= 0.3 is 0 Å². The SMILES string of the molecule is COCc1cc(Br)c(Cl)cc1Cl. The van der Waals surface area contributed by atoms with Crippen molar-refractivity contribution in [2.24, 2.45) is 0 Å². The van der Waals surface area contributed by atoms with E-state index in [-0.39, 0.29) is 0 Å². The Kier molecular flexibility index (Phi) is 3.84. The zero-order chi connectivity index (χ0) is 9.14. The molecule has 0 aromatic heterocycles. The third kappa shape index (κ3) is 2.36. The molecule has 66 valence electrons. The van der Waals surface area contributed by atoms with Gasteiger partial charge in [0.1, 0.15) is 0 Å². The first-order valence-electron chi connectivity index (χ1n) is 3.27. The molecule has 0 saturated heterocycles. The number of hydrogen-bond donors (Lipinski definition) is 0. The summed E-state index contributed by atoms with van der Waals surface area (Å²) in [6.45, 7) is 0.495. The van der Waals surface area contributed by atoms with Crippen LogP contribution in [0, 0.1) is 0 Å². The maximum absolute atomic E-state index is 5.89. The molecule has 0 aliphatic carbocycles. The smallest absolute Gasteiger partial charge is 0.0727 e. The fourth-order valence-corrected chi connectivity index (χ4v) is 1.66. The Balaban J connectivity index is 3.05. The second-order valence-electron chi connectivity index (χ2n) is 2.29. The van der Waals surface area contributed by atoms with Crippen LogP contribution < -0.4 is 0 Å². The van der Waals surface area contributed by atoms with Crippen LogP contribution in [0.15, 0.2) is 16.6 Å². The molecule has 0 unspecified atom stereocenters. The summed E-state index contributed by atoms with van der Waals surface area (Å²) in [7, 11) is 1.62. The number of benzene rings is 1. The number of rotatable bonds is 2. The first-order valence-corrected chi connectivity index (χ1v) is 4.82. The number of hydrogen-bond acceptors (Lipinski definition) is 1. The van der Waals surface area contributed by atoms with Gasteiger partial charge < -0.3 is 4.74 Å². The van der Waals surface area contributed by atoms with Crippen molar-refractivity contribution in [3.8, 4) is 0 Å². The number of ether oxygens (including phenoxy) is 1. The molecule has 0 aliphatic heterocycles. The molecule has 1 rings (SSSR count). The molecule has 0 spiro atoms. The van der Waals surface area contributed by atoms with Crippen LogP contribution in [-0.4, -0.2) is 7.11 Å². The Morgan fingerprint density at radius 2 is 2.00 bits per heavy atom. The second-order valence-corrected chi connectivity index (χ2v) is 3.96. The molecule has 0 N–H and O–H groups in total. The molecule has 1 aromatic carbocycles. The lowest BCUT2D eigenvalue weighted by Crippen LogP contribution is -1.89. The maximum atomic E-state index is 5.89. The molecule has 0 bridgehead atoms. The van der Waals surface area contributed by atoms with Crippen molar-refractivity contribution >= 4 is 39.1 Å². The van der Waals surface area contributed by atoms with Crippen molar-refractivity contribution in [1.29, 1.82) is 0 Å². The minimum atomic E-state index is 0.495. The van der Waals surface area contributed by atoms with Crippen LogP contribution in [0.5, 0.6) is 0 Å². The van der Waals surface area contributed by atoms with Gasteiger partial charge in [0.25, 0.3) is 0 Å². The lowest BCUT2D eigenvalue weighted by Gasteiger charge is -2.04. The number of halogens is 3. The predicted octanol–water partition coefficient (Wildman–Crippen LogP) is 3.90. The molecule has 0 heterocycles. The van der Waals surface area contributed by atoms with Gasteiger partial charge in [0.2, 0.25) is 0 Å². The molecule has 0 saturated carbocycles. The average Bonchev–Trinajstić information content (AvgIpc) is 2.01. The highest BCUT2D eigenvalue weighted by atomic mass is 79.9. The maximum Gasteiger partial charge on any atom is 0.0727 e. The van der Waals surface area contributed by atoms with Crippen molar-refractivity contribution in [2.45, 2.75) is 6.61 Å². The monoisotopic (exact) mass is 268 g/mol. The van der Waals surface area contributed by atoms with Crippen LogP contribution in [0.3, 0.4) is 0 Å². The van der Waals surface area contributed by atoms with Crippen LogP contribution in [0.4, 0.5) is 0 Å². The van der Waals surface area contributed by atoms with E-state index < -0.39 is 0 Å². The summed E-state index contributed by atoms with van der Waals surface area (Å²) < 4.78 is 5.79. The van der Waals surface area contributed by atoms with E-state index in [0.29, 0.717) is 16.7 Å². The minimum absolute atomic E-state index is 0.495. The van der Waals surface area contributed by atoms with E-state index in [1.165, 1.54) is 0 Å². The van der Waals surface area contributed by atoms with Crippen molar-refractivity contribution in [2.75, 3.05) is 7.11 Å². The first kappa shape index (κ1) is 10.3. The molecule has 0 aliphatic rings. The lowest BCUT2D eigenvalue weighted by molar-refractivity contribution is 0.185. The highest BCUT2D eigenvalue weighted by Crippen LogP contribution is 2.29. The molecule has 0 fully saturated rings. The van der Waals surface area contributed by atoms with E-state index >= 15 is 0 Å². The van der Waals surface area contributed by atoms with Gasteiger partial charge in [-0.25, -0.2) is 0 Å². The Morgan fingerprint density at radius 3 is 2.58 bits per heavy atom. The van der Waals surface area contributed by atoms with E-state index in [1.807, 2.05) is 6.07 Å². The standard InChI is InChI=1S/C8H7BrCl2O/c1-12-4-5-2-6(9)8(11)3-7(5)10/h2-3H,4H2,1H3. The summed E-state index contributed by atoms with van der Waals surface area (Å²) in [5, 5.41) is 1.24. The zero-order valence-corrected chi connectivity index (χ0v) is 9.50. The molecule has 1 nitrogen and oxygen atoms in total. The molecule has 1 aromatic rings. The third-order valence-electron chi connectivity index (χ3n) is 1.39.